The van der Waals surface area contributed by atoms with E-state index in [9.17, 15) is 8.42 Å². The normalized spacial score (nSPS) is 11.4. The Morgan fingerprint density at radius 1 is 1.17 bits per heavy atom. The highest BCUT2D eigenvalue weighted by atomic mass is 32.2. The average Bonchev–Trinajstić information content (AvgIpc) is 3.19. The van der Waals surface area contributed by atoms with Gasteiger partial charge >= 0.3 is 0 Å². The maximum Gasteiger partial charge on any atom is 0.243 e. The summed E-state index contributed by atoms with van der Waals surface area (Å²) in [5.74, 6) is 1.38. The minimum atomic E-state index is -3.70. The third-order valence-electron chi connectivity index (χ3n) is 4.32. The maximum atomic E-state index is 13.1. The number of nitrogens with zero attached hydrogens (tertiary/aromatic N) is 2. The second-order valence-corrected chi connectivity index (χ2v) is 9.48. The van der Waals surface area contributed by atoms with Crippen LogP contribution in [0.3, 0.4) is 0 Å². The van der Waals surface area contributed by atoms with Crippen LogP contribution in [0, 0.1) is 6.92 Å². The van der Waals surface area contributed by atoms with E-state index in [-0.39, 0.29) is 18.0 Å². The fourth-order valence-corrected chi connectivity index (χ4v) is 4.89. The van der Waals surface area contributed by atoms with Gasteiger partial charge in [0.15, 0.2) is 0 Å². The molecule has 6 nitrogen and oxygen atoms in total. The molecule has 0 spiro atoms. The van der Waals surface area contributed by atoms with Crippen LogP contribution in [0.2, 0.25) is 0 Å². The molecular formula is C22H24N2O4S2. The van der Waals surface area contributed by atoms with E-state index in [2.05, 4.69) is 11.6 Å². The van der Waals surface area contributed by atoms with Gasteiger partial charge in [0.05, 0.1) is 24.2 Å². The lowest BCUT2D eigenvalue weighted by molar-refractivity contribution is 0.305. The van der Waals surface area contributed by atoms with Crippen LogP contribution >= 0.6 is 11.3 Å². The van der Waals surface area contributed by atoms with Crippen LogP contribution < -0.4 is 9.47 Å². The lowest BCUT2D eigenvalue weighted by atomic mass is 10.2. The molecule has 3 aromatic rings. The molecule has 0 atom stereocenters. The van der Waals surface area contributed by atoms with E-state index in [1.54, 1.807) is 18.2 Å². The first-order chi connectivity index (χ1) is 14.4. The first-order valence-electron chi connectivity index (χ1n) is 9.30. The quantitative estimate of drug-likeness (QED) is 0.433. The molecule has 30 heavy (non-hydrogen) atoms. The Kier molecular flexibility index (Phi) is 7.25. The van der Waals surface area contributed by atoms with Gasteiger partial charge in [-0.05, 0) is 48.9 Å². The largest absolute Gasteiger partial charge is 0.497 e. The van der Waals surface area contributed by atoms with Gasteiger partial charge in [-0.3, -0.25) is 0 Å². The Labute approximate surface area is 181 Å². The highest BCUT2D eigenvalue weighted by Gasteiger charge is 2.24. The summed E-state index contributed by atoms with van der Waals surface area (Å²) in [5, 5.41) is 2.64. The first kappa shape index (κ1) is 22.0. The van der Waals surface area contributed by atoms with Gasteiger partial charge in [-0.25, -0.2) is 13.4 Å². The van der Waals surface area contributed by atoms with Crippen molar-refractivity contribution in [1.82, 2.24) is 9.29 Å². The van der Waals surface area contributed by atoms with Crippen LogP contribution in [0.1, 0.15) is 16.3 Å². The van der Waals surface area contributed by atoms with Crippen molar-refractivity contribution in [2.45, 2.75) is 25.0 Å². The molecule has 0 aliphatic heterocycles. The summed E-state index contributed by atoms with van der Waals surface area (Å²) in [6.45, 7) is 6.36. The van der Waals surface area contributed by atoms with Gasteiger partial charge in [0.1, 0.15) is 23.1 Å². The zero-order valence-electron chi connectivity index (χ0n) is 16.9. The predicted molar refractivity (Wildman–Crippen MR) is 118 cm³/mol. The Balaban J connectivity index is 1.71. The summed E-state index contributed by atoms with van der Waals surface area (Å²) in [4.78, 5) is 4.74. The first-order valence-corrected chi connectivity index (χ1v) is 11.6. The number of methoxy groups -OCH3 is 1. The van der Waals surface area contributed by atoms with Gasteiger partial charge in [-0.15, -0.1) is 17.9 Å². The number of ether oxygens (including phenoxy) is 2. The molecule has 1 aromatic heterocycles. The van der Waals surface area contributed by atoms with E-state index >= 15 is 0 Å². The van der Waals surface area contributed by atoms with Crippen LogP contribution in [0.4, 0.5) is 0 Å². The standard InChI is InChI=1S/C22H24N2O4S2/c1-4-12-24(30(25,26)21-10-8-19(27-3)9-11-21)14-18-16-29-22(23-18)15-28-20-7-5-6-17(2)13-20/h4-11,13,16H,1,12,14-15H2,2-3H3. The molecule has 0 unspecified atom stereocenters. The van der Waals surface area contributed by atoms with E-state index in [1.165, 1.54) is 34.9 Å². The van der Waals surface area contributed by atoms with Crippen molar-refractivity contribution in [2.75, 3.05) is 13.7 Å². The van der Waals surface area contributed by atoms with Crippen molar-refractivity contribution in [3.63, 3.8) is 0 Å². The van der Waals surface area contributed by atoms with Gasteiger partial charge in [-0.2, -0.15) is 4.31 Å². The molecule has 8 heteroatoms. The predicted octanol–water partition coefficient (Wildman–Crippen LogP) is 4.42. The van der Waals surface area contributed by atoms with E-state index in [0.29, 0.717) is 18.1 Å². The smallest absolute Gasteiger partial charge is 0.243 e. The fourth-order valence-electron chi connectivity index (χ4n) is 2.81. The van der Waals surface area contributed by atoms with Crippen molar-refractivity contribution < 1.29 is 17.9 Å². The third-order valence-corrected chi connectivity index (χ3v) is 7.02. The minimum Gasteiger partial charge on any atom is -0.497 e. The lowest BCUT2D eigenvalue weighted by Crippen LogP contribution is -2.31. The van der Waals surface area contributed by atoms with Crippen LogP contribution in [0.5, 0.6) is 11.5 Å². The summed E-state index contributed by atoms with van der Waals surface area (Å²) < 4.78 is 38.4. The van der Waals surface area contributed by atoms with Crippen molar-refractivity contribution in [3.8, 4) is 11.5 Å². The number of aryl methyl sites for hydroxylation is 1. The Hall–Kier alpha value is -2.68. The number of aromatic nitrogens is 1. The fraction of sp³-hybridized carbons (Fsp3) is 0.227. The second-order valence-electron chi connectivity index (χ2n) is 6.60. The summed E-state index contributed by atoms with van der Waals surface area (Å²) in [6.07, 6.45) is 1.56. The molecular weight excluding hydrogens is 420 g/mol. The van der Waals surface area contributed by atoms with E-state index in [4.69, 9.17) is 9.47 Å². The molecule has 3 rings (SSSR count). The zero-order valence-corrected chi connectivity index (χ0v) is 18.6. The molecule has 0 amide bonds. The molecule has 0 aliphatic rings. The SMILES string of the molecule is C=CCN(Cc1csc(COc2cccc(C)c2)n1)S(=O)(=O)c1ccc(OC)cc1. The zero-order chi connectivity index (χ0) is 21.6. The number of hydrogen-bond acceptors (Lipinski definition) is 6. The summed E-state index contributed by atoms with van der Waals surface area (Å²) in [5.41, 5.74) is 1.79. The van der Waals surface area contributed by atoms with Crippen molar-refractivity contribution >= 4 is 21.4 Å². The summed E-state index contributed by atoms with van der Waals surface area (Å²) >= 11 is 1.44. The molecule has 0 saturated heterocycles. The highest BCUT2D eigenvalue weighted by Crippen LogP contribution is 2.22. The number of thiazole rings is 1. The number of rotatable bonds is 10. The van der Waals surface area contributed by atoms with E-state index in [1.807, 2.05) is 36.6 Å². The lowest BCUT2D eigenvalue weighted by Gasteiger charge is -2.20. The number of benzene rings is 2. The summed E-state index contributed by atoms with van der Waals surface area (Å²) in [6, 6.07) is 14.1. The maximum absolute atomic E-state index is 13.1. The highest BCUT2D eigenvalue weighted by molar-refractivity contribution is 7.89. The summed E-state index contributed by atoms with van der Waals surface area (Å²) in [7, 11) is -2.16. The van der Waals surface area contributed by atoms with Crippen LogP contribution in [0.25, 0.3) is 0 Å². The van der Waals surface area contributed by atoms with Crippen molar-refractivity contribution in [3.05, 3.63) is 82.8 Å². The second kappa shape index (κ2) is 9.88. The molecule has 1 heterocycles. The van der Waals surface area contributed by atoms with Crippen LogP contribution in [0.15, 0.2) is 71.5 Å². The Morgan fingerprint density at radius 3 is 2.60 bits per heavy atom. The van der Waals surface area contributed by atoms with Crippen molar-refractivity contribution in [1.29, 1.82) is 0 Å². The van der Waals surface area contributed by atoms with Gasteiger partial charge in [0.25, 0.3) is 0 Å². The van der Waals surface area contributed by atoms with Gasteiger partial charge in [0, 0.05) is 11.9 Å². The average molecular weight is 445 g/mol. The molecule has 0 N–H and O–H groups in total. The monoisotopic (exact) mass is 444 g/mol. The van der Waals surface area contributed by atoms with Crippen LogP contribution in [-0.2, 0) is 23.2 Å². The minimum absolute atomic E-state index is 0.154. The Morgan fingerprint density at radius 2 is 1.93 bits per heavy atom. The van der Waals surface area contributed by atoms with E-state index in [0.717, 1.165) is 16.3 Å². The molecule has 0 saturated carbocycles. The molecule has 0 aliphatic carbocycles. The Bertz CT molecular complexity index is 1090. The molecule has 0 fully saturated rings. The number of sulfonamides is 1. The molecule has 0 bridgehead atoms. The van der Waals surface area contributed by atoms with E-state index < -0.39 is 10.0 Å². The van der Waals surface area contributed by atoms with Gasteiger partial charge < -0.3 is 9.47 Å². The molecule has 0 radical (unpaired) electrons. The van der Waals surface area contributed by atoms with Gasteiger partial charge in [-0.1, -0.05) is 18.2 Å². The number of hydrogen-bond donors (Lipinski definition) is 0. The van der Waals surface area contributed by atoms with Gasteiger partial charge in [0.2, 0.25) is 10.0 Å². The van der Waals surface area contributed by atoms with Crippen LogP contribution in [-0.4, -0.2) is 31.4 Å². The molecule has 158 valence electrons. The van der Waals surface area contributed by atoms with Crippen molar-refractivity contribution in [2.24, 2.45) is 0 Å². The topological polar surface area (TPSA) is 68.7 Å². The third kappa shape index (κ3) is 5.47. The molecule has 2 aromatic carbocycles.